The third-order valence-corrected chi connectivity index (χ3v) is 6.24. The van der Waals surface area contributed by atoms with E-state index >= 15 is 0 Å². The minimum absolute atomic E-state index is 0.0510. The number of aromatic nitrogens is 1. The summed E-state index contributed by atoms with van der Waals surface area (Å²) in [4.78, 5) is 2.68. The normalized spacial score (nSPS) is 20.2. The van der Waals surface area contributed by atoms with Crippen LogP contribution in [0.25, 0.3) is 11.1 Å². The molecule has 6 nitrogen and oxygen atoms in total. The molecule has 0 bridgehead atoms. The Balaban J connectivity index is 2.00. The highest BCUT2D eigenvalue weighted by atomic mass is 32.2. The molecule has 8 heteroatoms. The molecule has 1 aliphatic rings. The third-order valence-electron chi connectivity index (χ3n) is 4.20. The molecule has 0 amide bonds. The van der Waals surface area contributed by atoms with E-state index in [2.05, 4.69) is 4.90 Å². The van der Waals surface area contributed by atoms with Gasteiger partial charge in [-0.25, -0.2) is 8.42 Å². The number of nitrogens with zero attached hydrogens (tertiary/aromatic N) is 2. The molecule has 126 valence electrons. The van der Waals surface area contributed by atoms with Gasteiger partial charge in [-0.15, -0.1) is 0 Å². The summed E-state index contributed by atoms with van der Waals surface area (Å²) in [5.74, 6) is 0.0510. The SMILES string of the molecule is CCS(=O)(=O)c1ccc2oc(=S)n(CN3CCCC(O)C3)c2c1. The molecule has 1 saturated heterocycles. The first-order valence-electron chi connectivity index (χ1n) is 7.67. The summed E-state index contributed by atoms with van der Waals surface area (Å²) in [6.45, 7) is 3.56. The lowest BCUT2D eigenvalue weighted by molar-refractivity contribution is 0.0542. The molecule has 1 atom stereocenters. The molecular formula is C15H20N2O4S2. The topological polar surface area (TPSA) is 75.7 Å². The molecular weight excluding hydrogens is 336 g/mol. The first-order valence-corrected chi connectivity index (χ1v) is 9.73. The fraction of sp³-hybridized carbons (Fsp3) is 0.533. The number of aliphatic hydroxyl groups excluding tert-OH is 1. The third kappa shape index (κ3) is 3.35. The van der Waals surface area contributed by atoms with E-state index in [1.54, 1.807) is 29.7 Å². The van der Waals surface area contributed by atoms with Crippen LogP contribution < -0.4 is 0 Å². The van der Waals surface area contributed by atoms with Crippen LogP contribution in [0.1, 0.15) is 19.8 Å². The van der Waals surface area contributed by atoms with Gasteiger partial charge in [-0.2, -0.15) is 0 Å². The van der Waals surface area contributed by atoms with Crippen LogP contribution in [0.4, 0.5) is 0 Å². The van der Waals surface area contributed by atoms with Crippen molar-refractivity contribution in [1.82, 2.24) is 9.47 Å². The lowest BCUT2D eigenvalue weighted by Crippen LogP contribution is -2.39. The molecule has 23 heavy (non-hydrogen) atoms. The molecule has 0 spiro atoms. The highest BCUT2D eigenvalue weighted by molar-refractivity contribution is 7.91. The first-order chi connectivity index (χ1) is 10.9. The maximum absolute atomic E-state index is 12.1. The number of hydrogen-bond acceptors (Lipinski definition) is 6. The van der Waals surface area contributed by atoms with Crippen LogP contribution in [0.3, 0.4) is 0 Å². The van der Waals surface area contributed by atoms with E-state index in [1.807, 2.05) is 0 Å². The molecule has 1 aromatic carbocycles. The van der Waals surface area contributed by atoms with E-state index < -0.39 is 9.84 Å². The second-order valence-corrected chi connectivity index (χ2v) is 8.47. The molecule has 0 saturated carbocycles. The van der Waals surface area contributed by atoms with Gasteiger partial charge in [-0.05, 0) is 43.3 Å². The van der Waals surface area contributed by atoms with Crippen molar-refractivity contribution < 1.29 is 17.9 Å². The molecule has 1 aliphatic heterocycles. The van der Waals surface area contributed by atoms with Crippen molar-refractivity contribution in [3.63, 3.8) is 0 Å². The number of rotatable bonds is 4. The van der Waals surface area contributed by atoms with Gasteiger partial charge in [0.2, 0.25) is 0 Å². The van der Waals surface area contributed by atoms with Crippen LogP contribution in [-0.4, -0.2) is 47.9 Å². The second kappa shape index (κ2) is 6.35. The van der Waals surface area contributed by atoms with Gasteiger partial charge in [0.1, 0.15) is 0 Å². The zero-order chi connectivity index (χ0) is 16.6. The van der Waals surface area contributed by atoms with Crippen molar-refractivity contribution in [3.8, 4) is 0 Å². The zero-order valence-electron chi connectivity index (χ0n) is 12.9. The summed E-state index contributed by atoms with van der Waals surface area (Å²) in [6.07, 6.45) is 1.42. The van der Waals surface area contributed by atoms with Crippen LogP contribution in [-0.2, 0) is 16.5 Å². The summed E-state index contributed by atoms with van der Waals surface area (Å²) in [5, 5.41) is 9.79. The molecule has 3 rings (SSSR count). The second-order valence-electron chi connectivity index (χ2n) is 5.84. The van der Waals surface area contributed by atoms with Crippen LogP contribution in [0, 0.1) is 4.84 Å². The van der Waals surface area contributed by atoms with Gasteiger partial charge < -0.3 is 9.52 Å². The van der Waals surface area contributed by atoms with Gasteiger partial charge in [0, 0.05) is 13.1 Å². The number of β-amino-alcohol motifs (C(OH)–C–C–N with tert-alkyl or cyclic N) is 1. The minimum atomic E-state index is -3.28. The van der Waals surface area contributed by atoms with Gasteiger partial charge in [-0.1, -0.05) is 6.92 Å². The maximum atomic E-state index is 12.1. The summed E-state index contributed by atoms with van der Waals surface area (Å²) >= 11 is 5.27. The van der Waals surface area contributed by atoms with E-state index in [9.17, 15) is 13.5 Å². The standard InChI is InChI=1S/C15H20N2O4S2/c1-2-23(19,20)12-5-6-14-13(8-12)17(15(22)21-14)10-16-7-3-4-11(18)9-16/h5-6,8,11,18H,2-4,7,9-10H2,1H3. The number of likely N-dealkylation sites (tertiary alicyclic amines) is 1. The predicted octanol–water partition coefficient (Wildman–Crippen LogP) is 2.17. The van der Waals surface area contributed by atoms with E-state index in [4.69, 9.17) is 16.6 Å². The highest BCUT2D eigenvalue weighted by Gasteiger charge is 2.20. The van der Waals surface area contributed by atoms with Gasteiger partial charge >= 0.3 is 0 Å². The fourth-order valence-electron chi connectivity index (χ4n) is 2.90. The number of piperidine rings is 1. The van der Waals surface area contributed by atoms with Crippen LogP contribution in [0.2, 0.25) is 0 Å². The van der Waals surface area contributed by atoms with Crippen molar-refractivity contribution in [1.29, 1.82) is 0 Å². The number of fused-ring (bicyclic) bond motifs is 1. The van der Waals surface area contributed by atoms with Gasteiger partial charge in [0.15, 0.2) is 15.4 Å². The molecule has 0 radical (unpaired) electrons. The minimum Gasteiger partial charge on any atom is -0.429 e. The van der Waals surface area contributed by atoms with Crippen LogP contribution >= 0.6 is 12.2 Å². The quantitative estimate of drug-likeness (QED) is 0.846. The fourth-order valence-corrected chi connectivity index (χ4v) is 4.04. The monoisotopic (exact) mass is 356 g/mol. The van der Waals surface area contributed by atoms with Crippen molar-refractivity contribution in [2.45, 2.75) is 37.4 Å². The van der Waals surface area contributed by atoms with Crippen molar-refractivity contribution in [3.05, 3.63) is 23.0 Å². The first kappa shape index (κ1) is 16.6. The van der Waals surface area contributed by atoms with Crippen molar-refractivity contribution >= 4 is 33.2 Å². The lowest BCUT2D eigenvalue weighted by Gasteiger charge is -2.30. The van der Waals surface area contributed by atoms with Crippen LogP contribution in [0.5, 0.6) is 0 Å². The number of sulfone groups is 1. The summed E-state index contributed by atoms with van der Waals surface area (Å²) < 4.78 is 31.5. The van der Waals surface area contributed by atoms with Gasteiger partial charge in [0.25, 0.3) is 4.84 Å². The molecule has 1 unspecified atom stereocenters. The van der Waals surface area contributed by atoms with E-state index in [0.717, 1.165) is 19.4 Å². The number of aliphatic hydroxyl groups is 1. The number of benzene rings is 1. The van der Waals surface area contributed by atoms with Crippen molar-refractivity contribution in [2.24, 2.45) is 0 Å². The van der Waals surface area contributed by atoms with E-state index in [0.29, 0.717) is 29.2 Å². The van der Waals surface area contributed by atoms with E-state index in [1.165, 1.54) is 0 Å². The Morgan fingerprint density at radius 2 is 2.22 bits per heavy atom. The number of oxazole rings is 1. The lowest BCUT2D eigenvalue weighted by atomic mass is 10.1. The smallest absolute Gasteiger partial charge is 0.270 e. The Bertz CT molecular complexity index is 869. The molecule has 1 fully saturated rings. The van der Waals surface area contributed by atoms with E-state index in [-0.39, 0.29) is 16.8 Å². The maximum Gasteiger partial charge on any atom is 0.270 e. The average molecular weight is 356 g/mol. The highest BCUT2D eigenvalue weighted by Crippen LogP contribution is 2.23. The van der Waals surface area contributed by atoms with Crippen LogP contribution in [0.15, 0.2) is 27.5 Å². The Labute approximate surface area is 140 Å². The summed E-state index contributed by atoms with van der Waals surface area (Å²) in [7, 11) is -3.28. The zero-order valence-corrected chi connectivity index (χ0v) is 14.6. The van der Waals surface area contributed by atoms with Crippen molar-refractivity contribution in [2.75, 3.05) is 18.8 Å². The number of hydrogen-bond donors (Lipinski definition) is 1. The predicted molar refractivity (Wildman–Crippen MR) is 89.6 cm³/mol. The van der Waals surface area contributed by atoms with Gasteiger partial charge in [0.05, 0.1) is 28.9 Å². The molecule has 2 aromatic rings. The Morgan fingerprint density at radius 3 is 2.91 bits per heavy atom. The molecule has 2 heterocycles. The molecule has 1 aromatic heterocycles. The molecule has 1 N–H and O–H groups in total. The Kier molecular flexibility index (Phi) is 4.59. The summed E-state index contributed by atoms with van der Waals surface area (Å²) in [5.41, 5.74) is 1.24. The summed E-state index contributed by atoms with van der Waals surface area (Å²) in [6, 6.07) is 4.82. The Hall–Kier alpha value is -1.22. The van der Waals surface area contributed by atoms with Gasteiger partial charge in [-0.3, -0.25) is 9.47 Å². The largest absolute Gasteiger partial charge is 0.429 e. The molecule has 0 aliphatic carbocycles. The Morgan fingerprint density at radius 1 is 1.43 bits per heavy atom. The average Bonchev–Trinajstić information content (AvgIpc) is 2.83.